The number of nitrogens with zero attached hydrogens (tertiary/aromatic N) is 1. The molecule has 8 nitrogen and oxygen atoms in total. The Bertz CT molecular complexity index is 1320. The minimum absolute atomic E-state index is 0.0759. The van der Waals surface area contributed by atoms with Crippen molar-refractivity contribution >= 4 is 21.6 Å². The van der Waals surface area contributed by atoms with Gasteiger partial charge in [0.1, 0.15) is 23.8 Å². The summed E-state index contributed by atoms with van der Waals surface area (Å²) in [5.41, 5.74) is 2.73. The highest BCUT2D eigenvalue weighted by Gasteiger charge is 2.30. The number of carbonyl (C=O) groups is 1. The van der Waals surface area contributed by atoms with Gasteiger partial charge in [0.25, 0.3) is 10.0 Å². The van der Waals surface area contributed by atoms with Gasteiger partial charge in [0, 0.05) is 5.56 Å². The number of hydrogen-bond donors (Lipinski definition) is 1. The van der Waals surface area contributed by atoms with E-state index in [4.69, 9.17) is 14.2 Å². The number of aryl methyl sites for hydroxylation is 2. The summed E-state index contributed by atoms with van der Waals surface area (Å²) < 4.78 is 44.8. The maximum Gasteiger partial charge on any atom is 0.264 e. The molecule has 0 fully saturated rings. The van der Waals surface area contributed by atoms with Crippen LogP contribution in [0, 0.1) is 13.8 Å². The van der Waals surface area contributed by atoms with Crippen molar-refractivity contribution in [3.05, 3.63) is 77.4 Å². The molecule has 0 aliphatic heterocycles. The highest BCUT2D eigenvalue weighted by Crippen LogP contribution is 2.34. The van der Waals surface area contributed by atoms with Crippen LogP contribution in [0.5, 0.6) is 17.2 Å². The molecule has 3 rings (SSSR count). The molecule has 1 amide bonds. The SMILES string of the molecule is COc1ccc(OC)c([C@H](C)NC(=O)CN(c2cc(C)ccc2OC)S(=O)(=O)c2ccc(C)cc2)c1. The zero-order valence-electron chi connectivity index (χ0n) is 21.4. The highest BCUT2D eigenvalue weighted by atomic mass is 32.2. The van der Waals surface area contributed by atoms with Crippen LogP contribution in [0.4, 0.5) is 5.69 Å². The van der Waals surface area contributed by atoms with Crippen LogP contribution in [0.15, 0.2) is 65.6 Å². The Kier molecular flexibility index (Phi) is 8.47. The topological polar surface area (TPSA) is 94.2 Å². The Hall–Kier alpha value is -3.72. The third-order valence-corrected chi connectivity index (χ3v) is 7.55. The largest absolute Gasteiger partial charge is 0.497 e. The molecule has 0 heterocycles. The van der Waals surface area contributed by atoms with Gasteiger partial charge in [0.05, 0.1) is 38.0 Å². The Balaban J connectivity index is 1.99. The first-order valence-corrected chi connectivity index (χ1v) is 12.8. The van der Waals surface area contributed by atoms with Crippen LogP contribution in [-0.4, -0.2) is 42.2 Å². The number of amides is 1. The van der Waals surface area contributed by atoms with Gasteiger partial charge in [-0.2, -0.15) is 0 Å². The lowest BCUT2D eigenvalue weighted by molar-refractivity contribution is -0.120. The van der Waals surface area contributed by atoms with Crippen molar-refractivity contribution in [1.29, 1.82) is 0 Å². The predicted molar refractivity (Wildman–Crippen MR) is 140 cm³/mol. The molecule has 3 aromatic carbocycles. The van der Waals surface area contributed by atoms with E-state index < -0.39 is 28.5 Å². The van der Waals surface area contributed by atoms with E-state index in [0.29, 0.717) is 22.8 Å². The molecule has 0 radical (unpaired) electrons. The lowest BCUT2D eigenvalue weighted by Crippen LogP contribution is -2.41. The van der Waals surface area contributed by atoms with E-state index in [1.165, 1.54) is 19.2 Å². The van der Waals surface area contributed by atoms with Crippen molar-refractivity contribution in [2.75, 3.05) is 32.2 Å². The molecule has 1 atom stereocenters. The molecule has 0 bridgehead atoms. The lowest BCUT2D eigenvalue weighted by atomic mass is 10.1. The zero-order valence-corrected chi connectivity index (χ0v) is 22.2. The molecule has 0 saturated carbocycles. The van der Waals surface area contributed by atoms with Crippen LogP contribution < -0.4 is 23.8 Å². The molecule has 0 aromatic heterocycles. The molecular formula is C27H32N2O6S. The van der Waals surface area contributed by atoms with E-state index in [0.717, 1.165) is 15.4 Å². The molecule has 192 valence electrons. The quantitative estimate of drug-likeness (QED) is 0.433. The summed E-state index contributed by atoms with van der Waals surface area (Å²) in [6.07, 6.45) is 0. The van der Waals surface area contributed by atoms with Gasteiger partial charge >= 0.3 is 0 Å². The van der Waals surface area contributed by atoms with Crippen molar-refractivity contribution in [1.82, 2.24) is 5.32 Å². The van der Waals surface area contributed by atoms with Crippen molar-refractivity contribution in [3.63, 3.8) is 0 Å². The first-order chi connectivity index (χ1) is 17.1. The summed E-state index contributed by atoms with van der Waals surface area (Å²) in [5.74, 6) is 1.03. The van der Waals surface area contributed by atoms with Crippen molar-refractivity contribution in [2.45, 2.75) is 31.7 Å². The number of hydrogen-bond acceptors (Lipinski definition) is 6. The van der Waals surface area contributed by atoms with Crippen LogP contribution in [0.2, 0.25) is 0 Å². The number of rotatable bonds is 10. The molecule has 0 aliphatic rings. The van der Waals surface area contributed by atoms with E-state index in [9.17, 15) is 13.2 Å². The first kappa shape index (κ1) is 26.9. The van der Waals surface area contributed by atoms with Gasteiger partial charge in [-0.3, -0.25) is 9.10 Å². The lowest BCUT2D eigenvalue weighted by Gasteiger charge is -2.27. The van der Waals surface area contributed by atoms with Crippen LogP contribution >= 0.6 is 0 Å². The van der Waals surface area contributed by atoms with Crippen LogP contribution in [-0.2, 0) is 14.8 Å². The number of ether oxygens (including phenoxy) is 3. The van der Waals surface area contributed by atoms with Gasteiger partial charge in [-0.05, 0) is 68.8 Å². The third-order valence-electron chi connectivity index (χ3n) is 5.78. The molecule has 0 spiro atoms. The number of anilines is 1. The normalized spacial score (nSPS) is 11.9. The number of sulfonamides is 1. The number of methoxy groups -OCH3 is 3. The predicted octanol–water partition coefficient (Wildman–Crippen LogP) is 4.40. The summed E-state index contributed by atoms with van der Waals surface area (Å²) in [7, 11) is 0.464. The van der Waals surface area contributed by atoms with Gasteiger partial charge < -0.3 is 19.5 Å². The van der Waals surface area contributed by atoms with Gasteiger partial charge in [-0.25, -0.2) is 8.42 Å². The number of benzene rings is 3. The fourth-order valence-electron chi connectivity index (χ4n) is 3.81. The molecule has 36 heavy (non-hydrogen) atoms. The summed E-state index contributed by atoms with van der Waals surface area (Å²) in [6.45, 7) is 5.06. The second-order valence-corrected chi connectivity index (χ2v) is 10.3. The van der Waals surface area contributed by atoms with E-state index in [1.807, 2.05) is 19.9 Å². The van der Waals surface area contributed by atoms with E-state index in [2.05, 4.69) is 5.32 Å². The van der Waals surface area contributed by atoms with Crippen LogP contribution in [0.1, 0.15) is 29.7 Å². The zero-order chi connectivity index (χ0) is 26.5. The van der Waals surface area contributed by atoms with Crippen molar-refractivity contribution < 1.29 is 27.4 Å². The molecule has 0 aliphatic carbocycles. The summed E-state index contributed by atoms with van der Waals surface area (Å²) >= 11 is 0. The Morgan fingerprint density at radius 1 is 0.861 bits per heavy atom. The van der Waals surface area contributed by atoms with E-state index in [-0.39, 0.29) is 10.6 Å². The van der Waals surface area contributed by atoms with Gasteiger partial charge in [-0.1, -0.05) is 23.8 Å². The minimum Gasteiger partial charge on any atom is -0.497 e. The van der Waals surface area contributed by atoms with Crippen LogP contribution in [0.25, 0.3) is 0 Å². The molecule has 9 heteroatoms. The second-order valence-electron chi connectivity index (χ2n) is 8.40. The molecule has 0 saturated heterocycles. The fraction of sp³-hybridized carbons (Fsp3) is 0.296. The summed E-state index contributed by atoms with van der Waals surface area (Å²) in [4.78, 5) is 13.3. The summed E-state index contributed by atoms with van der Waals surface area (Å²) in [5, 5.41) is 2.89. The molecule has 3 aromatic rings. The van der Waals surface area contributed by atoms with Crippen molar-refractivity contribution in [2.24, 2.45) is 0 Å². The minimum atomic E-state index is -4.09. The number of carbonyl (C=O) groups excluding carboxylic acids is 1. The first-order valence-electron chi connectivity index (χ1n) is 11.4. The maximum atomic E-state index is 13.8. The average Bonchev–Trinajstić information content (AvgIpc) is 2.86. The molecule has 1 N–H and O–H groups in total. The van der Waals surface area contributed by atoms with Gasteiger partial charge in [0.2, 0.25) is 5.91 Å². The Morgan fingerprint density at radius 2 is 1.47 bits per heavy atom. The van der Waals surface area contributed by atoms with Crippen molar-refractivity contribution in [3.8, 4) is 17.2 Å². The van der Waals surface area contributed by atoms with E-state index >= 15 is 0 Å². The summed E-state index contributed by atoms with van der Waals surface area (Å²) in [6, 6.07) is 16.5. The Labute approximate surface area is 212 Å². The standard InChI is InChI=1S/C27H32N2O6S/c1-18-7-11-22(12-8-18)36(31,32)29(24-15-19(2)9-13-26(24)35-6)17-27(30)28-20(3)23-16-21(33-4)10-14-25(23)34-5/h7-16,20H,17H2,1-6H3,(H,28,30)/t20-/m0/s1. The molecular weight excluding hydrogens is 480 g/mol. The third kappa shape index (κ3) is 5.91. The number of nitrogens with one attached hydrogen (secondary N) is 1. The highest BCUT2D eigenvalue weighted by molar-refractivity contribution is 7.92. The van der Waals surface area contributed by atoms with Crippen LogP contribution in [0.3, 0.4) is 0 Å². The fourth-order valence-corrected chi connectivity index (χ4v) is 5.23. The van der Waals surface area contributed by atoms with E-state index in [1.54, 1.807) is 63.6 Å². The monoisotopic (exact) mass is 512 g/mol. The second kappa shape index (κ2) is 11.3. The maximum absolute atomic E-state index is 13.8. The van der Waals surface area contributed by atoms with Gasteiger partial charge in [-0.15, -0.1) is 0 Å². The smallest absolute Gasteiger partial charge is 0.264 e. The van der Waals surface area contributed by atoms with Gasteiger partial charge in [0.15, 0.2) is 0 Å². The molecule has 0 unspecified atom stereocenters. The average molecular weight is 513 g/mol. The Morgan fingerprint density at radius 3 is 2.08 bits per heavy atom.